The number of fused-ring (bicyclic) bond motifs is 2. The van der Waals surface area contributed by atoms with E-state index in [1.807, 2.05) is 78.9 Å². The maximum Gasteiger partial charge on any atom is 0.338 e. The molecule has 146 valence electrons. The van der Waals surface area contributed by atoms with Crippen molar-refractivity contribution in [2.24, 2.45) is 0 Å². The number of carbonyl (C=O) groups excluding carboxylic acids is 1. The highest BCUT2D eigenvalue weighted by Gasteiger charge is 2.30. The van der Waals surface area contributed by atoms with Gasteiger partial charge in [0.1, 0.15) is 11.5 Å². The number of alkyl halides is 1. The quantitative estimate of drug-likeness (QED) is 0.347. The maximum absolute atomic E-state index is 12.7. The fraction of sp³-hybridized carbons (Fsp3) is 0.160. The summed E-state index contributed by atoms with van der Waals surface area (Å²) in [5, 5.41) is 13.9. The van der Waals surface area contributed by atoms with Gasteiger partial charge < -0.3 is 9.84 Å². The van der Waals surface area contributed by atoms with Crippen LogP contribution in [0.5, 0.6) is 0 Å². The van der Waals surface area contributed by atoms with E-state index in [9.17, 15) is 9.90 Å². The van der Waals surface area contributed by atoms with Gasteiger partial charge >= 0.3 is 5.97 Å². The van der Waals surface area contributed by atoms with Gasteiger partial charge in [-0.1, -0.05) is 78.9 Å². The van der Waals surface area contributed by atoms with Gasteiger partial charge in [-0.25, -0.2) is 4.79 Å². The zero-order valence-corrected chi connectivity index (χ0v) is 16.6. The number of carbonyl (C=O) groups is 1. The van der Waals surface area contributed by atoms with Crippen molar-refractivity contribution in [3.8, 4) is 0 Å². The Bertz CT molecular complexity index is 1160. The molecule has 0 bridgehead atoms. The molecule has 3 nitrogen and oxygen atoms in total. The number of aliphatic hydroxyl groups excluding tert-OH is 1. The summed E-state index contributed by atoms with van der Waals surface area (Å²) in [5.41, 5.74) is 1.50. The zero-order chi connectivity index (χ0) is 20.3. The van der Waals surface area contributed by atoms with Gasteiger partial charge in [0.15, 0.2) is 0 Å². The highest BCUT2D eigenvalue weighted by Crippen LogP contribution is 2.28. The van der Waals surface area contributed by atoms with Crippen LogP contribution in [-0.4, -0.2) is 29.2 Å². The Labute approximate surface area is 174 Å². The fourth-order valence-electron chi connectivity index (χ4n) is 3.62. The lowest BCUT2D eigenvalue weighted by Crippen LogP contribution is -2.36. The van der Waals surface area contributed by atoms with Crippen molar-refractivity contribution >= 4 is 39.1 Å². The first-order valence-electron chi connectivity index (χ1n) is 9.51. The Morgan fingerprint density at radius 2 is 1.41 bits per heavy atom. The number of esters is 1. The second-order valence-corrected chi connectivity index (χ2v) is 8.03. The average molecular weight is 405 g/mol. The van der Waals surface area contributed by atoms with E-state index < -0.39 is 10.8 Å². The van der Waals surface area contributed by atoms with E-state index in [1.54, 1.807) is 6.07 Å². The normalized spacial score (nSPS) is 13.3. The molecule has 1 atom stereocenters. The van der Waals surface area contributed by atoms with Crippen molar-refractivity contribution in [2.45, 2.75) is 11.3 Å². The van der Waals surface area contributed by atoms with Gasteiger partial charge in [-0.15, -0.1) is 11.6 Å². The van der Waals surface area contributed by atoms with Crippen molar-refractivity contribution < 1.29 is 14.6 Å². The predicted molar refractivity (Wildman–Crippen MR) is 118 cm³/mol. The Morgan fingerprint density at radius 3 is 2.14 bits per heavy atom. The van der Waals surface area contributed by atoms with Crippen molar-refractivity contribution in [1.29, 1.82) is 0 Å². The predicted octanol–water partition coefficient (Wildman–Crippen LogP) is 5.36. The third-order valence-corrected chi connectivity index (χ3v) is 5.50. The smallest absolute Gasteiger partial charge is 0.338 e. The van der Waals surface area contributed by atoms with Crippen LogP contribution in [0.15, 0.2) is 84.9 Å². The second-order valence-electron chi connectivity index (χ2n) is 7.23. The molecule has 0 aromatic heterocycles. The molecule has 0 aliphatic heterocycles. The minimum absolute atomic E-state index is 0.0870. The molecule has 0 saturated carbocycles. The highest BCUT2D eigenvalue weighted by atomic mass is 35.5. The Balaban J connectivity index is 1.54. The summed E-state index contributed by atoms with van der Waals surface area (Å²) in [6, 6.07) is 27.2. The van der Waals surface area contributed by atoms with Gasteiger partial charge in [0, 0.05) is 0 Å². The fourth-order valence-corrected chi connectivity index (χ4v) is 3.82. The Morgan fingerprint density at radius 1 is 0.828 bits per heavy atom. The monoisotopic (exact) mass is 404 g/mol. The molecule has 0 aliphatic rings. The van der Waals surface area contributed by atoms with Gasteiger partial charge in [0.25, 0.3) is 0 Å². The number of hydrogen-bond acceptors (Lipinski definition) is 3. The lowest BCUT2D eigenvalue weighted by molar-refractivity contribution is 0.0421. The van der Waals surface area contributed by atoms with Gasteiger partial charge in [0.05, 0.1) is 12.2 Å². The van der Waals surface area contributed by atoms with E-state index in [0.29, 0.717) is 12.0 Å². The zero-order valence-electron chi connectivity index (χ0n) is 15.8. The summed E-state index contributed by atoms with van der Waals surface area (Å²) in [7, 11) is 0. The Hall–Kier alpha value is -2.88. The number of benzene rings is 4. The molecule has 4 aromatic rings. The van der Waals surface area contributed by atoms with Crippen LogP contribution in [0.4, 0.5) is 0 Å². The molecule has 0 amide bonds. The van der Waals surface area contributed by atoms with E-state index in [2.05, 4.69) is 0 Å². The molecule has 0 heterocycles. The van der Waals surface area contributed by atoms with Crippen molar-refractivity contribution in [2.75, 3.05) is 13.2 Å². The van der Waals surface area contributed by atoms with Crippen LogP contribution >= 0.6 is 11.6 Å². The molecule has 0 unspecified atom stereocenters. The summed E-state index contributed by atoms with van der Waals surface area (Å²) in [6.45, 7) is -0.392. The van der Waals surface area contributed by atoms with E-state index >= 15 is 0 Å². The molecule has 0 saturated heterocycles. The first-order chi connectivity index (χ1) is 14.1. The van der Waals surface area contributed by atoms with Gasteiger partial charge in [-0.05, 0) is 39.6 Å². The van der Waals surface area contributed by atoms with Gasteiger partial charge in [-0.3, -0.25) is 0 Å². The van der Waals surface area contributed by atoms with Gasteiger partial charge in [-0.2, -0.15) is 0 Å². The second kappa shape index (κ2) is 8.24. The molecule has 4 rings (SSSR count). The minimum Gasteiger partial charge on any atom is -0.460 e. The van der Waals surface area contributed by atoms with Crippen LogP contribution in [0.3, 0.4) is 0 Å². The van der Waals surface area contributed by atoms with Crippen LogP contribution in [0.2, 0.25) is 0 Å². The van der Waals surface area contributed by atoms with Crippen LogP contribution < -0.4 is 0 Å². The molecular formula is C25H21ClO3. The van der Waals surface area contributed by atoms with Crippen LogP contribution in [-0.2, 0) is 11.2 Å². The summed E-state index contributed by atoms with van der Waals surface area (Å²) in [5.74, 6) is -0.446. The summed E-state index contributed by atoms with van der Waals surface area (Å²) < 4.78 is 5.55. The van der Waals surface area contributed by atoms with E-state index in [1.165, 1.54) is 0 Å². The molecule has 0 fully saturated rings. The highest BCUT2D eigenvalue weighted by molar-refractivity contribution is 6.24. The van der Waals surface area contributed by atoms with Crippen molar-refractivity contribution in [3.63, 3.8) is 0 Å². The molecule has 0 spiro atoms. The van der Waals surface area contributed by atoms with Crippen LogP contribution in [0.1, 0.15) is 15.9 Å². The largest absolute Gasteiger partial charge is 0.460 e. The topological polar surface area (TPSA) is 46.5 Å². The summed E-state index contributed by atoms with van der Waals surface area (Å²) in [6.07, 6.45) is 0.384. The maximum atomic E-state index is 12.7. The lowest BCUT2D eigenvalue weighted by atomic mass is 9.95. The molecule has 4 heteroatoms. The summed E-state index contributed by atoms with van der Waals surface area (Å²) >= 11 is 6.68. The number of rotatable bonds is 6. The SMILES string of the molecule is O=C(OC[C@](Cl)(CO)Cc1cccc2ccccc12)c1cccc2ccccc12. The molecule has 1 N–H and O–H groups in total. The number of hydrogen-bond donors (Lipinski definition) is 1. The van der Waals surface area contributed by atoms with Crippen LogP contribution in [0.25, 0.3) is 21.5 Å². The first kappa shape index (κ1) is 19.4. The first-order valence-corrected chi connectivity index (χ1v) is 9.89. The number of aliphatic hydroxyl groups is 1. The molecular weight excluding hydrogens is 384 g/mol. The average Bonchev–Trinajstić information content (AvgIpc) is 2.77. The minimum atomic E-state index is -1.09. The van der Waals surface area contributed by atoms with E-state index in [0.717, 1.165) is 27.1 Å². The van der Waals surface area contributed by atoms with Gasteiger partial charge in [0.2, 0.25) is 0 Å². The standard InChI is InChI=1S/C25H21ClO3/c26-25(16-27,15-20-11-5-9-18-7-1-3-12-21(18)20)17-29-24(28)23-14-6-10-19-8-2-4-13-22(19)23/h1-14,27H,15-17H2/t25-/m1/s1. The molecule has 0 radical (unpaired) electrons. The molecule has 29 heavy (non-hydrogen) atoms. The van der Waals surface area contributed by atoms with Crippen molar-refractivity contribution in [1.82, 2.24) is 0 Å². The van der Waals surface area contributed by atoms with E-state index in [-0.39, 0.29) is 13.2 Å². The number of halogens is 1. The summed E-state index contributed by atoms with van der Waals surface area (Å²) in [4.78, 5) is 11.6. The van der Waals surface area contributed by atoms with Crippen LogP contribution in [0, 0.1) is 0 Å². The third kappa shape index (κ3) is 4.12. The number of ether oxygens (including phenoxy) is 1. The molecule has 0 aliphatic carbocycles. The lowest BCUT2D eigenvalue weighted by Gasteiger charge is -2.25. The Kier molecular flexibility index (Phi) is 5.52. The molecule has 4 aromatic carbocycles. The third-order valence-electron chi connectivity index (χ3n) is 5.14. The van der Waals surface area contributed by atoms with E-state index in [4.69, 9.17) is 16.3 Å². The van der Waals surface area contributed by atoms with Crippen molar-refractivity contribution in [3.05, 3.63) is 96.1 Å².